The van der Waals surface area contributed by atoms with Crippen LogP contribution in [-0.4, -0.2) is 49.0 Å². The summed E-state index contributed by atoms with van der Waals surface area (Å²) in [4.78, 5) is 27.7. The first-order valence-corrected chi connectivity index (χ1v) is 11.7. The summed E-state index contributed by atoms with van der Waals surface area (Å²) < 4.78 is 5.75. The van der Waals surface area contributed by atoms with Crippen LogP contribution in [0.4, 0.5) is 5.69 Å². The molecule has 2 aromatic rings. The van der Waals surface area contributed by atoms with Crippen LogP contribution in [0.3, 0.4) is 0 Å². The van der Waals surface area contributed by atoms with Crippen LogP contribution in [0.5, 0.6) is 5.75 Å². The molecule has 1 atom stereocenters. The number of piperidine rings is 1. The normalized spacial score (nSPS) is 18.6. The van der Waals surface area contributed by atoms with Gasteiger partial charge in [-0.3, -0.25) is 9.59 Å². The van der Waals surface area contributed by atoms with E-state index in [-0.39, 0.29) is 11.8 Å². The van der Waals surface area contributed by atoms with E-state index in [0.29, 0.717) is 24.2 Å². The molecule has 170 valence electrons. The monoisotopic (exact) mass is 435 g/mol. The van der Waals surface area contributed by atoms with E-state index >= 15 is 0 Å². The minimum Gasteiger partial charge on any atom is -0.480 e. The molecule has 1 fully saturated rings. The largest absolute Gasteiger partial charge is 0.480 e. The second kappa shape index (κ2) is 10.6. The number of unbranched alkanes of at least 4 members (excludes halogenated alkanes) is 1. The van der Waals surface area contributed by atoms with Crippen LogP contribution in [0, 0.1) is 5.92 Å². The van der Waals surface area contributed by atoms with Crippen molar-refractivity contribution in [2.45, 2.75) is 45.1 Å². The van der Waals surface area contributed by atoms with Gasteiger partial charge < -0.3 is 20.3 Å². The molecule has 6 nitrogen and oxygen atoms in total. The average molecular weight is 436 g/mol. The molecule has 2 heterocycles. The van der Waals surface area contributed by atoms with Crippen molar-refractivity contribution in [2.24, 2.45) is 5.92 Å². The number of carbonyl (C=O) groups is 2. The smallest absolute Gasteiger partial charge is 0.265 e. The fourth-order valence-corrected chi connectivity index (χ4v) is 4.34. The van der Waals surface area contributed by atoms with Crippen LogP contribution < -0.4 is 15.4 Å². The van der Waals surface area contributed by atoms with E-state index in [0.717, 1.165) is 36.6 Å². The maximum atomic E-state index is 12.6. The van der Waals surface area contributed by atoms with Gasteiger partial charge in [-0.25, -0.2) is 0 Å². The van der Waals surface area contributed by atoms with Gasteiger partial charge in [0, 0.05) is 24.2 Å². The van der Waals surface area contributed by atoms with Gasteiger partial charge in [-0.1, -0.05) is 31.2 Å². The van der Waals surface area contributed by atoms with Gasteiger partial charge in [0.05, 0.1) is 0 Å². The maximum Gasteiger partial charge on any atom is 0.265 e. The molecule has 32 heavy (non-hydrogen) atoms. The molecule has 0 aromatic heterocycles. The van der Waals surface area contributed by atoms with E-state index in [1.54, 1.807) is 24.3 Å². The molecule has 0 spiro atoms. The van der Waals surface area contributed by atoms with Crippen LogP contribution in [0.25, 0.3) is 0 Å². The molecule has 2 N–H and O–H groups in total. The van der Waals surface area contributed by atoms with E-state index in [9.17, 15) is 9.59 Å². The van der Waals surface area contributed by atoms with Crippen molar-refractivity contribution in [1.82, 2.24) is 10.2 Å². The number of amides is 2. The number of nitrogens with one attached hydrogen (secondary N) is 2. The van der Waals surface area contributed by atoms with E-state index in [2.05, 4.69) is 22.5 Å². The number of anilines is 1. The molecule has 4 rings (SSSR count). The Bertz CT molecular complexity index is 912. The standard InChI is InChI=1S/C26H33N3O3/c1-19-11-15-29(16-12-19)14-5-4-13-27-25(30)21-8-6-9-22(17-21)28-26(31)24-18-20-7-2-3-10-23(20)32-24/h2-3,6-10,17,19,24H,4-5,11-16,18H2,1H3,(H,27,30)(H,28,31). The zero-order valence-corrected chi connectivity index (χ0v) is 18.8. The molecule has 2 amide bonds. The van der Waals surface area contributed by atoms with Crippen LogP contribution in [0.1, 0.15) is 48.5 Å². The highest BCUT2D eigenvalue weighted by atomic mass is 16.5. The third-order valence-corrected chi connectivity index (χ3v) is 6.39. The molecular weight excluding hydrogens is 402 g/mol. The first-order chi connectivity index (χ1) is 15.6. The molecule has 0 bridgehead atoms. The van der Waals surface area contributed by atoms with Crippen molar-refractivity contribution < 1.29 is 14.3 Å². The van der Waals surface area contributed by atoms with Gasteiger partial charge in [-0.2, -0.15) is 0 Å². The highest BCUT2D eigenvalue weighted by Crippen LogP contribution is 2.28. The average Bonchev–Trinajstić information content (AvgIpc) is 3.25. The van der Waals surface area contributed by atoms with Crippen molar-refractivity contribution in [3.05, 3.63) is 59.7 Å². The Morgan fingerprint density at radius 1 is 1.06 bits per heavy atom. The van der Waals surface area contributed by atoms with Crippen molar-refractivity contribution in [2.75, 3.05) is 31.5 Å². The number of benzene rings is 2. The quantitative estimate of drug-likeness (QED) is 0.618. The second-order valence-electron chi connectivity index (χ2n) is 8.98. The number of para-hydroxylation sites is 1. The SMILES string of the molecule is CC1CCN(CCCCNC(=O)c2cccc(NC(=O)C3Cc4ccccc4O3)c2)CC1. The lowest BCUT2D eigenvalue weighted by molar-refractivity contribution is -0.122. The Labute approximate surface area is 190 Å². The Morgan fingerprint density at radius 2 is 1.88 bits per heavy atom. The number of hydrogen-bond donors (Lipinski definition) is 2. The minimum atomic E-state index is -0.548. The number of hydrogen-bond acceptors (Lipinski definition) is 4. The number of fused-ring (bicyclic) bond motifs is 1. The number of carbonyl (C=O) groups excluding carboxylic acids is 2. The third kappa shape index (κ3) is 5.88. The number of nitrogens with zero attached hydrogens (tertiary/aromatic N) is 1. The fraction of sp³-hybridized carbons (Fsp3) is 0.462. The third-order valence-electron chi connectivity index (χ3n) is 6.39. The van der Waals surface area contributed by atoms with Crippen molar-refractivity contribution in [1.29, 1.82) is 0 Å². The van der Waals surface area contributed by atoms with Gasteiger partial charge in [0.1, 0.15) is 5.75 Å². The molecule has 0 aliphatic carbocycles. The summed E-state index contributed by atoms with van der Waals surface area (Å²) in [6.07, 6.45) is 4.65. The first-order valence-electron chi connectivity index (χ1n) is 11.7. The Kier molecular flexibility index (Phi) is 7.43. The Morgan fingerprint density at radius 3 is 2.69 bits per heavy atom. The predicted molar refractivity (Wildman–Crippen MR) is 126 cm³/mol. The number of rotatable bonds is 8. The predicted octanol–water partition coefficient (Wildman–Crippen LogP) is 3.87. The molecule has 6 heteroatoms. The lowest BCUT2D eigenvalue weighted by Crippen LogP contribution is -2.34. The van der Waals surface area contributed by atoms with Gasteiger partial charge in [0.2, 0.25) is 0 Å². The highest BCUT2D eigenvalue weighted by Gasteiger charge is 2.28. The van der Waals surface area contributed by atoms with Gasteiger partial charge in [0.25, 0.3) is 11.8 Å². The van der Waals surface area contributed by atoms with Crippen molar-refractivity contribution in [3.63, 3.8) is 0 Å². The Hall–Kier alpha value is -2.86. The summed E-state index contributed by atoms with van der Waals surface area (Å²) in [5.74, 6) is 1.30. The van der Waals surface area contributed by atoms with Gasteiger partial charge in [0.15, 0.2) is 6.10 Å². The highest BCUT2D eigenvalue weighted by molar-refractivity contribution is 5.98. The molecule has 0 saturated carbocycles. The van der Waals surface area contributed by atoms with Crippen molar-refractivity contribution in [3.8, 4) is 5.75 Å². The maximum absolute atomic E-state index is 12.6. The molecule has 1 saturated heterocycles. The van der Waals surface area contributed by atoms with Crippen LogP contribution >= 0.6 is 0 Å². The topological polar surface area (TPSA) is 70.7 Å². The van der Waals surface area contributed by atoms with Crippen molar-refractivity contribution >= 4 is 17.5 Å². The lowest BCUT2D eigenvalue weighted by Gasteiger charge is -2.30. The van der Waals surface area contributed by atoms with Crippen LogP contribution in [0.15, 0.2) is 48.5 Å². The van der Waals surface area contributed by atoms with Gasteiger partial charge in [-0.15, -0.1) is 0 Å². The van der Waals surface area contributed by atoms with Crippen LogP contribution in [-0.2, 0) is 11.2 Å². The summed E-state index contributed by atoms with van der Waals surface area (Å²) >= 11 is 0. The van der Waals surface area contributed by atoms with E-state index < -0.39 is 6.10 Å². The first kappa shape index (κ1) is 22.3. The summed E-state index contributed by atoms with van der Waals surface area (Å²) in [5, 5.41) is 5.88. The van der Waals surface area contributed by atoms with E-state index in [4.69, 9.17) is 4.74 Å². The summed E-state index contributed by atoms with van der Waals surface area (Å²) in [6, 6.07) is 14.7. The summed E-state index contributed by atoms with van der Waals surface area (Å²) in [7, 11) is 0. The number of likely N-dealkylation sites (tertiary alicyclic amines) is 1. The van der Waals surface area contributed by atoms with Crippen LogP contribution in [0.2, 0.25) is 0 Å². The Balaban J connectivity index is 1.19. The molecule has 0 radical (unpaired) electrons. The lowest BCUT2D eigenvalue weighted by atomic mass is 9.99. The zero-order valence-electron chi connectivity index (χ0n) is 18.8. The summed E-state index contributed by atoms with van der Waals surface area (Å²) in [6.45, 7) is 6.49. The molecular formula is C26H33N3O3. The molecule has 2 aliphatic heterocycles. The van der Waals surface area contributed by atoms with Gasteiger partial charge >= 0.3 is 0 Å². The number of ether oxygens (including phenoxy) is 1. The second-order valence-corrected chi connectivity index (χ2v) is 8.98. The molecule has 2 aliphatic rings. The fourth-order valence-electron chi connectivity index (χ4n) is 4.34. The molecule has 1 unspecified atom stereocenters. The van der Waals surface area contributed by atoms with E-state index in [1.165, 1.54) is 25.9 Å². The zero-order chi connectivity index (χ0) is 22.3. The molecule has 2 aromatic carbocycles. The van der Waals surface area contributed by atoms with Gasteiger partial charge in [-0.05, 0) is 81.1 Å². The van der Waals surface area contributed by atoms with E-state index in [1.807, 2.05) is 24.3 Å². The minimum absolute atomic E-state index is 0.114. The summed E-state index contributed by atoms with van der Waals surface area (Å²) in [5.41, 5.74) is 2.18.